The highest BCUT2D eigenvalue weighted by Gasteiger charge is 2.20. The second-order valence-corrected chi connectivity index (χ2v) is 3.38. The predicted octanol–water partition coefficient (Wildman–Crippen LogP) is 0.785. The molecule has 0 saturated carbocycles. The van der Waals surface area contributed by atoms with Gasteiger partial charge in [-0.3, -0.25) is 10.2 Å². The van der Waals surface area contributed by atoms with Crippen LogP contribution in [0.4, 0.5) is 0 Å². The summed E-state index contributed by atoms with van der Waals surface area (Å²) in [6.45, 7) is 5.76. The molecule has 0 spiro atoms. The average Bonchev–Trinajstić information content (AvgIpc) is 2.16. The van der Waals surface area contributed by atoms with Gasteiger partial charge in [0.25, 0.3) is 0 Å². The third kappa shape index (κ3) is 5.31. The predicted molar refractivity (Wildman–Crippen MR) is 63.4 cm³/mol. The van der Waals surface area contributed by atoms with Gasteiger partial charge in [-0.25, -0.2) is 0 Å². The Kier molecular flexibility index (Phi) is 6.61. The van der Waals surface area contributed by atoms with Gasteiger partial charge in [0.2, 0.25) is 0 Å². The Morgan fingerprint density at radius 2 is 2.20 bits per heavy atom. The molecule has 0 saturated heterocycles. The molecule has 86 valence electrons. The van der Waals surface area contributed by atoms with Crippen LogP contribution in [0.25, 0.3) is 0 Å². The molecular weight excluding hydrogens is 214 g/mol. The Hall–Kier alpha value is -1.17. The number of carbonyl (C=O) groups is 1. The number of rotatable bonds is 5. The highest BCUT2D eigenvalue weighted by atomic mass is 32.1. The number of hydrogen-bond acceptors (Lipinski definition) is 4. The fourth-order valence-electron chi connectivity index (χ4n) is 1.10. The molecular formula is C9H17N3O2S. The minimum Gasteiger partial charge on any atom is -0.465 e. The standard InChI is InChI=1S/C9H17N3O2S/c1-4-7(8(13)14-5-2)6(3)11-12-9(10)15/h7H,4-5H2,1-3H3,(H3,10,12,15)/b11-6+. The van der Waals surface area contributed by atoms with Gasteiger partial charge in [-0.1, -0.05) is 6.92 Å². The Morgan fingerprint density at radius 3 is 2.60 bits per heavy atom. The van der Waals surface area contributed by atoms with E-state index in [1.807, 2.05) is 6.92 Å². The van der Waals surface area contributed by atoms with Gasteiger partial charge in [0, 0.05) is 5.71 Å². The van der Waals surface area contributed by atoms with Crippen molar-refractivity contribution in [1.29, 1.82) is 0 Å². The molecule has 0 rings (SSSR count). The normalized spacial score (nSPS) is 13.1. The monoisotopic (exact) mass is 231 g/mol. The van der Waals surface area contributed by atoms with Gasteiger partial charge >= 0.3 is 5.97 Å². The molecule has 0 bridgehead atoms. The lowest BCUT2D eigenvalue weighted by Gasteiger charge is -2.12. The summed E-state index contributed by atoms with van der Waals surface area (Å²) in [7, 11) is 0. The van der Waals surface area contributed by atoms with E-state index in [1.54, 1.807) is 13.8 Å². The molecule has 6 heteroatoms. The number of nitrogens with zero attached hydrogens (tertiary/aromatic N) is 1. The summed E-state index contributed by atoms with van der Waals surface area (Å²) < 4.78 is 4.91. The Labute approximate surface area is 95.0 Å². The zero-order chi connectivity index (χ0) is 11.8. The fraction of sp³-hybridized carbons (Fsp3) is 0.667. The second kappa shape index (κ2) is 7.17. The summed E-state index contributed by atoms with van der Waals surface area (Å²) in [5.41, 5.74) is 8.28. The van der Waals surface area contributed by atoms with E-state index >= 15 is 0 Å². The van der Waals surface area contributed by atoms with E-state index in [-0.39, 0.29) is 17.0 Å². The Bertz CT molecular complexity index is 266. The lowest BCUT2D eigenvalue weighted by atomic mass is 10.0. The molecule has 1 atom stereocenters. The highest BCUT2D eigenvalue weighted by molar-refractivity contribution is 7.80. The number of ether oxygens (including phenoxy) is 1. The van der Waals surface area contributed by atoms with Crippen LogP contribution in [0.15, 0.2) is 5.10 Å². The van der Waals surface area contributed by atoms with E-state index < -0.39 is 0 Å². The smallest absolute Gasteiger partial charge is 0.314 e. The summed E-state index contributed by atoms with van der Waals surface area (Å²) >= 11 is 4.60. The number of nitrogens with two attached hydrogens (primary N) is 1. The van der Waals surface area contributed by atoms with Gasteiger partial charge < -0.3 is 10.5 Å². The van der Waals surface area contributed by atoms with Crippen molar-refractivity contribution in [3.05, 3.63) is 0 Å². The van der Waals surface area contributed by atoms with Gasteiger partial charge in [0.15, 0.2) is 5.11 Å². The number of hydrogen-bond donors (Lipinski definition) is 2. The van der Waals surface area contributed by atoms with E-state index in [0.717, 1.165) is 0 Å². The molecule has 0 aromatic heterocycles. The number of esters is 1. The number of hydrazone groups is 1. The maximum absolute atomic E-state index is 11.5. The van der Waals surface area contributed by atoms with E-state index in [2.05, 4.69) is 22.7 Å². The maximum Gasteiger partial charge on any atom is 0.314 e. The topological polar surface area (TPSA) is 76.7 Å². The van der Waals surface area contributed by atoms with Crippen LogP contribution in [0.1, 0.15) is 27.2 Å². The van der Waals surface area contributed by atoms with Crippen molar-refractivity contribution >= 4 is 29.0 Å². The minimum absolute atomic E-state index is 0.0769. The van der Waals surface area contributed by atoms with Crippen LogP contribution in [0, 0.1) is 5.92 Å². The molecule has 0 aliphatic heterocycles. The summed E-state index contributed by atoms with van der Waals surface area (Å²) in [5, 5.41) is 3.97. The van der Waals surface area contributed by atoms with Crippen molar-refractivity contribution in [2.45, 2.75) is 27.2 Å². The number of thiocarbonyl (C=S) groups is 1. The third-order valence-electron chi connectivity index (χ3n) is 1.83. The summed E-state index contributed by atoms with van der Waals surface area (Å²) in [5.74, 6) is -0.613. The molecule has 0 aromatic rings. The molecule has 15 heavy (non-hydrogen) atoms. The molecule has 1 unspecified atom stereocenters. The largest absolute Gasteiger partial charge is 0.465 e. The van der Waals surface area contributed by atoms with Crippen LogP contribution in [0.2, 0.25) is 0 Å². The van der Waals surface area contributed by atoms with Crippen molar-refractivity contribution in [3.63, 3.8) is 0 Å². The van der Waals surface area contributed by atoms with Gasteiger partial charge in [-0.2, -0.15) is 5.10 Å². The van der Waals surface area contributed by atoms with Crippen LogP contribution in [0.3, 0.4) is 0 Å². The minimum atomic E-state index is -0.341. The molecule has 0 aliphatic carbocycles. The molecule has 3 N–H and O–H groups in total. The van der Waals surface area contributed by atoms with E-state index in [9.17, 15) is 4.79 Å². The Balaban J connectivity index is 4.45. The molecule has 0 amide bonds. The first-order chi connectivity index (χ1) is 7.02. The molecule has 0 aromatic carbocycles. The summed E-state index contributed by atoms with van der Waals surface area (Å²) in [6, 6.07) is 0. The lowest BCUT2D eigenvalue weighted by Crippen LogP contribution is -2.29. The van der Waals surface area contributed by atoms with Crippen molar-refractivity contribution in [1.82, 2.24) is 5.43 Å². The van der Waals surface area contributed by atoms with Gasteiger partial charge in [-0.05, 0) is 32.5 Å². The van der Waals surface area contributed by atoms with Crippen molar-refractivity contribution in [2.75, 3.05) is 6.61 Å². The maximum atomic E-state index is 11.5. The SMILES string of the molecule is CCOC(=O)C(CC)/C(C)=N/NC(N)=S. The van der Waals surface area contributed by atoms with Crippen molar-refractivity contribution < 1.29 is 9.53 Å². The first kappa shape index (κ1) is 13.8. The van der Waals surface area contributed by atoms with E-state index in [4.69, 9.17) is 10.5 Å². The average molecular weight is 231 g/mol. The first-order valence-electron chi connectivity index (χ1n) is 4.79. The van der Waals surface area contributed by atoms with Crippen LogP contribution in [0.5, 0.6) is 0 Å². The fourth-order valence-corrected chi connectivity index (χ4v) is 1.14. The van der Waals surface area contributed by atoms with Gasteiger partial charge in [-0.15, -0.1) is 0 Å². The van der Waals surface area contributed by atoms with Crippen LogP contribution >= 0.6 is 12.2 Å². The van der Waals surface area contributed by atoms with Crippen LogP contribution in [-0.2, 0) is 9.53 Å². The number of carbonyl (C=O) groups excluding carboxylic acids is 1. The second-order valence-electron chi connectivity index (χ2n) is 2.94. The summed E-state index contributed by atoms with van der Waals surface area (Å²) in [4.78, 5) is 11.5. The Morgan fingerprint density at radius 1 is 1.60 bits per heavy atom. The van der Waals surface area contributed by atoms with Gasteiger partial charge in [0.1, 0.15) is 0 Å². The first-order valence-corrected chi connectivity index (χ1v) is 5.19. The molecule has 0 radical (unpaired) electrons. The molecule has 5 nitrogen and oxygen atoms in total. The lowest BCUT2D eigenvalue weighted by molar-refractivity contribution is -0.145. The van der Waals surface area contributed by atoms with Crippen LogP contribution < -0.4 is 11.2 Å². The quantitative estimate of drug-likeness (QED) is 0.316. The summed E-state index contributed by atoms with van der Waals surface area (Å²) in [6.07, 6.45) is 0.632. The molecule has 0 heterocycles. The zero-order valence-corrected chi connectivity index (χ0v) is 10.1. The van der Waals surface area contributed by atoms with Gasteiger partial charge in [0.05, 0.1) is 12.5 Å². The van der Waals surface area contributed by atoms with E-state index in [0.29, 0.717) is 18.7 Å². The number of nitrogens with one attached hydrogen (secondary N) is 1. The molecule has 0 fully saturated rings. The molecule has 0 aliphatic rings. The van der Waals surface area contributed by atoms with Crippen molar-refractivity contribution in [3.8, 4) is 0 Å². The highest BCUT2D eigenvalue weighted by Crippen LogP contribution is 2.07. The van der Waals surface area contributed by atoms with Crippen LogP contribution in [-0.4, -0.2) is 23.4 Å². The zero-order valence-electron chi connectivity index (χ0n) is 9.24. The van der Waals surface area contributed by atoms with E-state index in [1.165, 1.54) is 0 Å². The third-order valence-corrected chi connectivity index (χ3v) is 1.92. The van der Waals surface area contributed by atoms with Crippen molar-refractivity contribution in [2.24, 2.45) is 16.8 Å².